The summed E-state index contributed by atoms with van der Waals surface area (Å²) in [6.45, 7) is 4.64. The molecule has 0 bridgehead atoms. The molecule has 1 saturated heterocycles. The zero-order valence-corrected chi connectivity index (χ0v) is 13.8. The van der Waals surface area contributed by atoms with Crippen molar-refractivity contribution in [2.24, 2.45) is 0 Å². The second-order valence-corrected chi connectivity index (χ2v) is 7.86. The molecule has 0 N–H and O–H groups in total. The Morgan fingerprint density at radius 3 is 3.05 bits per heavy atom. The molecule has 2 aliphatic rings. The molecule has 1 aliphatic carbocycles. The molecule has 0 amide bonds. The van der Waals surface area contributed by atoms with Crippen LogP contribution in [0.15, 0.2) is 35.7 Å². The van der Waals surface area contributed by atoms with E-state index in [1.807, 2.05) is 17.4 Å². The van der Waals surface area contributed by atoms with Crippen molar-refractivity contribution in [1.82, 2.24) is 4.90 Å². The lowest BCUT2D eigenvalue weighted by molar-refractivity contribution is 0.111. The van der Waals surface area contributed by atoms with E-state index in [2.05, 4.69) is 29.3 Å². The molecule has 116 valence electrons. The number of fused-ring (bicyclic) bond motifs is 1. The summed E-state index contributed by atoms with van der Waals surface area (Å²) < 4.78 is 13.6. The van der Waals surface area contributed by atoms with E-state index in [1.54, 1.807) is 12.1 Å². The number of aryl methyl sites for hydroxylation is 1. The quantitative estimate of drug-likeness (QED) is 0.759. The third-order valence-electron chi connectivity index (χ3n) is 5.59. The maximum atomic E-state index is 13.6. The fraction of sp³-hybridized carbons (Fsp3) is 0.474. The summed E-state index contributed by atoms with van der Waals surface area (Å²) in [6.07, 6.45) is 4.60. The van der Waals surface area contributed by atoms with Crippen LogP contribution < -0.4 is 0 Å². The van der Waals surface area contributed by atoms with E-state index in [0.29, 0.717) is 5.92 Å². The van der Waals surface area contributed by atoms with E-state index in [0.717, 1.165) is 25.9 Å². The molecule has 0 saturated carbocycles. The Hall–Kier alpha value is -1.19. The van der Waals surface area contributed by atoms with Crippen LogP contribution in [0.2, 0.25) is 0 Å². The summed E-state index contributed by atoms with van der Waals surface area (Å²) in [5.74, 6) is 0.573. The van der Waals surface area contributed by atoms with Crippen LogP contribution >= 0.6 is 11.3 Å². The summed E-state index contributed by atoms with van der Waals surface area (Å²) >= 11 is 1.88. The van der Waals surface area contributed by atoms with Gasteiger partial charge in [0.25, 0.3) is 0 Å². The predicted octanol–water partition coefficient (Wildman–Crippen LogP) is 4.93. The summed E-state index contributed by atoms with van der Waals surface area (Å²) in [5, 5.41) is 2.18. The van der Waals surface area contributed by atoms with Gasteiger partial charge in [-0.2, -0.15) is 0 Å². The van der Waals surface area contributed by atoms with E-state index >= 15 is 0 Å². The first-order valence-corrected chi connectivity index (χ1v) is 9.12. The number of likely N-dealkylation sites (tertiary alicyclic amines) is 1. The lowest BCUT2D eigenvalue weighted by Crippen LogP contribution is -2.44. The SMILES string of the molecule is CC1(N2CCC(c3cccs3)C2)CCCc2cc(F)ccc21. The fourth-order valence-electron chi connectivity index (χ4n) is 4.35. The molecule has 1 nitrogen and oxygen atoms in total. The summed E-state index contributed by atoms with van der Waals surface area (Å²) in [7, 11) is 0. The molecular weight excluding hydrogens is 293 g/mol. The molecule has 0 radical (unpaired) electrons. The highest BCUT2D eigenvalue weighted by Crippen LogP contribution is 2.44. The third kappa shape index (κ3) is 2.31. The van der Waals surface area contributed by atoms with Crippen molar-refractivity contribution in [2.45, 2.75) is 44.1 Å². The van der Waals surface area contributed by atoms with Crippen molar-refractivity contribution in [1.29, 1.82) is 0 Å². The molecule has 2 unspecified atom stereocenters. The molecule has 22 heavy (non-hydrogen) atoms. The Balaban J connectivity index is 1.63. The Morgan fingerprint density at radius 2 is 2.23 bits per heavy atom. The number of thiophene rings is 1. The largest absolute Gasteiger partial charge is 0.293 e. The normalized spacial score (nSPS) is 28.7. The molecule has 3 heteroatoms. The number of halogens is 1. The molecule has 2 aromatic rings. The van der Waals surface area contributed by atoms with Crippen molar-refractivity contribution in [3.8, 4) is 0 Å². The van der Waals surface area contributed by atoms with Gasteiger partial charge in [0.15, 0.2) is 0 Å². The van der Waals surface area contributed by atoms with Gasteiger partial charge in [-0.05, 0) is 73.9 Å². The first kappa shape index (κ1) is 14.4. The Bertz CT molecular complexity index is 666. The van der Waals surface area contributed by atoms with Crippen molar-refractivity contribution in [3.63, 3.8) is 0 Å². The average Bonchev–Trinajstić information content (AvgIpc) is 3.18. The van der Waals surface area contributed by atoms with Crippen molar-refractivity contribution >= 4 is 11.3 Å². The first-order chi connectivity index (χ1) is 10.7. The lowest BCUT2D eigenvalue weighted by Gasteiger charge is -2.43. The molecule has 2 atom stereocenters. The first-order valence-electron chi connectivity index (χ1n) is 8.24. The zero-order valence-electron chi connectivity index (χ0n) is 13.0. The molecule has 2 heterocycles. The highest BCUT2D eigenvalue weighted by atomic mass is 32.1. The molecule has 1 aromatic carbocycles. The van der Waals surface area contributed by atoms with Crippen LogP contribution in [0.1, 0.15) is 48.1 Å². The van der Waals surface area contributed by atoms with E-state index < -0.39 is 0 Å². The van der Waals surface area contributed by atoms with E-state index in [4.69, 9.17) is 0 Å². The Kier molecular flexibility index (Phi) is 3.58. The minimum atomic E-state index is -0.0964. The predicted molar refractivity (Wildman–Crippen MR) is 89.9 cm³/mol. The van der Waals surface area contributed by atoms with Crippen molar-refractivity contribution in [3.05, 3.63) is 57.5 Å². The van der Waals surface area contributed by atoms with Crippen LogP contribution in [-0.2, 0) is 12.0 Å². The summed E-state index contributed by atoms with van der Waals surface area (Å²) in [6, 6.07) is 9.84. The Morgan fingerprint density at radius 1 is 1.32 bits per heavy atom. The number of benzene rings is 1. The van der Waals surface area contributed by atoms with Gasteiger partial charge >= 0.3 is 0 Å². The van der Waals surface area contributed by atoms with Gasteiger partial charge < -0.3 is 0 Å². The number of nitrogens with zero attached hydrogens (tertiary/aromatic N) is 1. The number of hydrogen-bond acceptors (Lipinski definition) is 2. The highest BCUT2D eigenvalue weighted by molar-refractivity contribution is 7.10. The molecule has 4 rings (SSSR count). The highest BCUT2D eigenvalue weighted by Gasteiger charge is 2.41. The minimum absolute atomic E-state index is 0.0767. The number of rotatable bonds is 2. The van der Waals surface area contributed by atoms with Gasteiger partial charge in [-0.15, -0.1) is 11.3 Å². The lowest BCUT2D eigenvalue weighted by atomic mass is 9.76. The molecular formula is C19H22FNS. The molecule has 1 aromatic heterocycles. The maximum absolute atomic E-state index is 13.6. The fourth-order valence-corrected chi connectivity index (χ4v) is 5.20. The topological polar surface area (TPSA) is 3.24 Å². The van der Waals surface area contributed by atoms with Gasteiger partial charge in [0.1, 0.15) is 5.82 Å². The van der Waals surface area contributed by atoms with E-state index in [1.165, 1.54) is 28.8 Å². The Labute approximate surface area is 135 Å². The second kappa shape index (κ2) is 5.47. The van der Waals surface area contributed by atoms with Gasteiger partial charge in [-0.25, -0.2) is 4.39 Å². The molecule has 1 aliphatic heterocycles. The van der Waals surface area contributed by atoms with Crippen LogP contribution in [-0.4, -0.2) is 18.0 Å². The summed E-state index contributed by atoms with van der Waals surface area (Å²) in [4.78, 5) is 4.16. The van der Waals surface area contributed by atoms with Gasteiger partial charge in [0, 0.05) is 22.9 Å². The zero-order chi connectivity index (χ0) is 15.2. The van der Waals surface area contributed by atoms with Crippen molar-refractivity contribution < 1.29 is 4.39 Å². The van der Waals surface area contributed by atoms with Crippen LogP contribution in [0.4, 0.5) is 4.39 Å². The van der Waals surface area contributed by atoms with Crippen LogP contribution in [0.5, 0.6) is 0 Å². The standard InChI is InChI=1S/C19H22FNS/c1-19(9-2-4-14-12-16(20)6-7-17(14)19)21-10-8-15(13-21)18-5-3-11-22-18/h3,5-7,11-12,15H,2,4,8-10,13H2,1H3. The van der Waals surface area contributed by atoms with Crippen LogP contribution in [0.3, 0.4) is 0 Å². The van der Waals surface area contributed by atoms with Crippen LogP contribution in [0, 0.1) is 5.82 Å². The van der Waals surface area contributed by atoms with E-state index in [9.17, 15) is 4.39 Å². The average molecular weight is 315 g/mol. The second-order valence-electron chi connectivity index (χ2n) is 6.88. The van der Waals surface area contributed by atoms with Gasteiger partial charge in [-0.3, -0.25) is 4.90 Å². The van der Waals surface area contributed by atoms with E-state index in [-0.39, 0.29) is 11.4 Å². The van der Waals surface area contributed by atoms with Gasteiger partial charge in [-0.1, -0.05) is 12.1 Å². The van der Waals surface area contributed by atoms with Crippen molar-refractivity contribution in [2.75, 3.05) is 13.1 Å². The van der Waals surface area contributed by atoms with Gasteiger partial charge in [0.2, 0.25) is 0 Å². The maximum Gasteiger partial charge on any atom is 0.123 e. The number of hydrogen-bond donors (Lipinski definition) is 0. The third-order valence-corrected chi connectivity index (χ3v) is 6.62. The molecule has 0 spiro atoms. The molecule has 1 fully saturated rings. The van der Waals surface area contributed by atoms with Gasteiger partial charge in [0.05, 0.1) is 0 Å². The summed E-state index contributed by atoms with van der Waals surface area (Å²) in [5.41, 5.74) is 2.65. The smallest absolute Gasteiger partial charge is 0.123 e. The van der Waals surface area contributed by atoms with Crippen LogP contribution in [0.25, 0.3) is 0 Å². The minimum Gasteiger partial charge on any atom is -0.293 e. The monoisotopic (exact) mass is 315 g/mol.